The minimum atomic E-state index is -0.160. The van der Waals surface area contributed by atoms with Gasteiger partial charge in [-0.05, 0) is 38.8 Å². The second kappa shape index (κ2) is 7.11. The van der Waals surface area contributed by atoms with Gasteiger partial charge in [0, 0.05) is 36.5 Å². The number of aryl methyl sites for hydroxylation is 2. The number of hydrogen-bond acceptors (Lipinski definition) is 6. The Morgan fingerprint density at radius 3 is 2.59 bits per heavy atom. The quantitative estimate of drug-likeness (QED) is 0.752. The van der Waals surface area contributed by atoms with Crippen molar-refractivity contribution in [3.05, 3.63) is 51.9 Å². The van der Waals surface area contributed by atoms with Crippen molar-refractivity contribution in [1.29, 1.82) is 0 Å². The SMILES string of the molecule is Cc1ccc(NC(=O)C2CCN(c3nn4c(=O)cc(C)nc4s3)CC2)cc1. The highest BCUT2D eigenvalue weighted by Crippen LogP contribution is 2.27. The number of rotatable bonds is 3. The first-order valence-electron chi connectivity index (χ1n) is 8.99. The summed E-state index contributed by atoms with van der Waals surface area (Å²) in [6, 6.07) is 9.32. The third-order valence-corrected chi connectivity index (χ3v) is 5.79. The van der Waals surface area contributed by atoms with Gasteiger partial charge in [0.15, 0.2) is 0 Å². The van der Waals surface area contributed by atoms with E-state index in [2.05, 4.69) is 20.3 Å². The van der Waals surface area contributed by atoms with E-state index in [1.165, 1.54) is 27.5 Å². The average molecular weight is 383 g/mol. The van der Waals surface area contributed by atoms with Crippen molar-refractivity contribution in [3.8, 4) is 0 Å². The van der Waals surface area contributed by atoms with Crippen molar-refractivity contribution < 1.29 is 4.79 Å². The fraction of sp³-hybridized carbons (Fsp3) is 0.368. The molecule has 3 heterocycles. The second-order valence-electron chi connectivity index (χ2n) is 6.93. The monoisotopic (exact) mass is 383 g/mol. The van der Waals surface area contributed by atoms with Crippen LogP contribution in [0.2, 0.25) is 0 Å². The van der Waals surface area contributed by atoms with Crippen LogP contribution in [0.1, 0.15) is 24.1 Å². The molecule has 1 aromatic carbocycles. The van der Waals surface area contributed by atoms with Gasteiger partial charge in [-0.25, -0.2) is 4.98 Å². The molecule has 1 fully saturated rings. The van der Waals surface area contributed by atoms with Gasteiger partial charge in [0.05, 0.1) is 0 Å². The van der Waals surface area contributed by atoms with Crippen molar-refractivity contribution >= 4 is 33.0 Å². The molecule has 0 radical (unpaired) electrons. The lowest BCUT2D eigenvalue weighted by molar-refractivity contribution is -0.120. The third-order valence-electron chi connectivity index (χ3n) is 4.82. The molecule has 27 heavy (non-hydrogen) atoms. The molecule has 8 heteroatoms. The van der Waals surface area contributed by atoms with E-state index >= 15 is 0 Å². The molecule has 0 bridgehead atoms. The normalized spacial score (nSPS) is 15.3. The molecule has 0 unspecified atom stereocenters. The van der Waals surface area contributed by atoms with Crippen LogP contribution in [0.25, 0.3) is 4.96 Å². The van der Waals surface area contributed by atoms with E-state index in [4.69, 9.17) is 0 Å². The van der Waals surface area contributed by atoms with Gasteiger partial charge in [0.25, 0.3) is 5.56 Å². The minimum Gasteiger partial charge on any atom is -0.347 e. The number of hydrogen-bond donors (Lipinski definition) is 1. The lowest BCUT2D eigenvalue weighted by Gasteiger charge is -2.30. The summed E-state index contributed by atoms with van der Waals surface area (Å²) in [4.78, 5) is 31.7. The molecule has 1 aliphatic rings. The molecule has 2 aromatic heterocycles. The summed E-state index contributed by atoms with van der Waals surface area (Å²) in [5.41, 5.74) is 2.54. The van der Waals surface area contributed by atoms with Crippen molar-refractivity contribution in [2.45, 2.75) is 26.7 Å². The van der Waals surface area contributed by atoms with E-state index in [9.17, 15) is 9.59 Å². The number of nitrogens with zero attached hydrogens (tertiary/aromatic N) is 4. The summed E-state index contributed by atoms with van der Waals surface area (Å²) >= 11 is 1.41. The Kier molecular flexibility index (Phi) is 4.65. The largest absolute Gasteiger partial charge is 0.347 e. The Morgan fingerprint density at radius 1 is 1.19 bits per heavy atom. The maximum atomic E-state index is 12.5. The topological polar surface area (TPSA) is 79.6 Å². The van der Waals surface area contributed by atoms with Gasteiger partial charge < -0.3 is 10.2 Å². The molecule has 1 amide bonds. The molecular weight excluding hydrogens is 362 g/mol. The molecule has 1 saturated heterocycles. The second-order valence-corrected chi connectivity index (χ2v) is 7.87. The molecule has 140 valence electrons. The third kappa shape index (κ3) is 3.71. The standard InChI is InChI=1S/C19H21N5O2S/c1-12-3-5-15(6-4-12)21-17(26)14-7-9-23(10-8-14)19-22-24-16(25)11-13(2)20-18(24)27-19/h3-6,11,14H,7-10H2,1-2H3,(H,21,26). The van der Waals surface area contributed by atoms with Crippen LogP contribution in [-0.4, -0.2) is 33.6 Å². The maximum absolute atomic E-state index is 12.5. The predicted octanol–water partition coefficient (Wildman–Crippen LogP) is 2.62. The van der Waals surface area contributed by atoms with E-state index < -0.39 is 0 Å². The Bertz CT molecular complexity index is 1030. The summed E-state index contributed by atoms with van der Waals surface area (Å²) < 4.78 is 1.35. The molecule has 1 aliphatic heterocycles. The Balaban J connectivity index is 1.41. The first kappa shape index (κ1) is 17.7. The van der Waals surface area contributed by atoms with Gasteiger partial charge in [-0.2, -0.15) is 4.52 Å². The highest BCUT2D eigenvalue weighted by atomic mass is 32.1. The number of amides is 1. The zero-order chi connectivity index (χ0) is 19.0. The van der Waals surface area contributed by atoms with E-state index in [0.29, 0.717) is 10.7 Å². The first-order chi connectivity index (χ1) is 13.0. The lowest BCUT2D eigenvalue weighted by Crippen LogP contribution is -2.38. The molecule has 3 aromatic rings. The maximum Gasteiger partial charge on any atom is 0.275 e. The molecule has 0 spiro atoms. The number of carbonyl (C=O) groups is 1. The van der Waals surface area contributed by atoms with E-state index in [-0.39, 0.29) is 17.4 Å². The first-order valence-corrected chi connectivity index (χ1v) is 9.81. The van der Waals surface area contributed by atoms with Crippen molar-refractivity contribution in [2.75, 3.05) is 23.3 Å². The van der Waals surface area contributed by atoms with Crippen LogP contribution in [0.4, 0.5) is 10.8 Å². The summed E-state index contributed by atoms with van der Waals surface area (Å²) in [6.45, 7) is 5.30. The number of carbonyl (C=O) groups excluding carboxylic acids is 1. The van der Waals surface area contributed by atoms with Gasteiger partial charge in [-0.3, -0.25) is 9.59 Å². The number of aromatic nitrogens is 3. The molecule has 0 atom stereocenters. The van der Waals surface area contributed by atoms with Crippen molar-refractivity contribution in [1.82, 2.24) is 14.6 Å². The zero-order valence-corrected chi connectivity index (χ0v) is 16.1. The lowest BCUT2D eigenvalue weighted by atomic mass is 9.96. The molecular formula is C19H21N5O2S. The van der Waals surface area contributed by atoms with Crippen LogP contribution in [0, 0.1) is 19.8 Å². The van der Waals surface area contributed by atoms with Crippen LogP contribution in [-0.2, 0) is 4.79 Å². The summed E-state index contributed by atoms with van der Waals surface area (Å²) in [6.07, 6.45) is 1.52. The van der Waals surface area contributed by atoms with Gasteiger partial charge >= 0.3 is 0 Å². The summed E-state index contributed by atoms with van der Waals surface area (Å²) in [7, 11) is 0. The van der Waals surface area contributed by atoms with Crippen LogP contribution >= 0.6 is 11.3 Å². The van der Waals surface area contributed by atoms with Crippen LogP contribution in [0.5, 0.6) is 0 Å². The average Bonchev–Trinajstić information content (AvgIpc) is 3.08. The van der Waals surface area contributed by atoms with Crippen molar-refractivity contribution in [3.63, 3.8) is 0 Å². The molecule has 7 nitrogen and oxygen atoms in total. The fourth-order valence-corrected chi connectivity index (χ4v) is 4.26. The number of anilines is 2. The van der Waals surface area contributed by atoms with E-state index in [0.717, 1.165) is 36.8 Å². The number of piperidine rings is 1. The van der Waals surface area contributed by atoms with Crippen LogP contribution in [0.15, 0.2) is 35.1 Å². The number of fused-ring (bicyclic) bond motifs is 1. The van der Waals surface area contributed by atoms with Gasteiger partial charge in [0.1, 0.15) is 0 Å². The predicted molar refractivity (Wildman–Crippen MR) is 107 cm³/mol. The molecule has 4 rings (SSSR count). The number of benzene rings is 1. The van der Waals surface area contributed by atoms with Crippen LogP contribution in [0.3, 0.4) is 0 Å². The van der Waals surface area contributed by atoms with Crippen LogP contribution < -0.4 is 15.8 Å². The van der Waals surface area contributed by atoms with Gasteiger partial charge in [-0.15, -0.1) is 5.10 Å². The smallest absolute Gasteiger partial charge is 0.275 e. The zero-order valence-electron chi connectivity index (χ0n) is 15.3. The Morgan fingerprint density at radius 2 is 1.89 bits per heavy atom. The van der Waals surface area contributed by atoms with Crippen molar-refractivity contribution in [2.24, 2.45) is 5.92 Å². The Hall–Kier alpha value is -2.74. The fourth-order valence-electron chi connectivity index (χ4n) is 3.25. The summed E-state index contributed by atoms with van der Waals surface area (Å²) in [5, 5.41) is 8.19. The van der Waals surface area contributed by atoms with Gasteiger partial charge in [0.2, 0.25) is 16.0 Å². The van der Waals surface area contributed by atoms with E-state index in [1.54, 1.807) is 6.92 Å². The molecule has 0 aliphatic carbocycles. The Labute approximate surface area is 160 Å². The minimum absolute atomic E-state index is 0.0139. The molecule has 1 N–H and O–H groups in total. The molecule has 0 saturated carbocycles. The number of nitrogens with one attached hydrogen (secondary N) is 1. The summed E-state index contributed by atoms with van der Waals surface area (Å²) in [5.74, 6) is 0.0522. The van der Waals surface area contributed by atoms with E-state index in [1.807, 2.05) is 31.2 Å². The highest BCUT2D eigenvalue weighted by Gasteiger charge is 2.27. The highest BCUT2D eigenvalue weighted by molar-refractivity contribution is 7.20. The van der Waals surface area contributed by atoms with Gasteiger partial charge in [-0.1, -0.05) is 29.0 Å².